The molecule has 2 aliphatic heterocycles. The minimum atomic E-state index is -0.247. The minimum Gasteiger partial charge on any atom is -0.356 e. The van der Waals surface area contributed by atoms with E-state index >= 15 is 0 Å². The summed E-state index contributed by atoms with van der Waals surface area (Å²) in [5.41, 5.74) is 0.548. The third-order valence-corrected chi connectivity index (χ3v) is 5.61. The molecule has 0 unspecified atom stereocenters. The Morgan fingerprint density at radius 2 is 2.17 bits per heavy atom. The van der Waals surface area contributed by atoms with Crippen LogP contribution in [0.4, 0.5) is 4.39 Å². The van der Waals surface area contributed by atoms with Crippen molar-refractivity contribution in [2.45, 2.75) is 31.3 Å². The molecular formula is C17H23ClFN3O. The Kier molecular flexibility index (Phi) is 4.90. The van der Waals surface area contributed by atoms with E-state index in [2.05, 4.69) is 22.2 Å². The highest BCUT2D eigenvalue weighted by Gasteiger charge is 2.40. The first-order chi connectivity index (χ1) is 11.0. The van der Waals surface area contributed by atoms with Crippen LogP contribution in [0.3, 0.4) is 0 Å². The Bertz CT molecular complexity index is 577. The van der Waals surface area contributed by atoms with E-state index in [1.165, 1.54) is 6.07 Å². The average molecular weight is 340 g/mol. The summed E-state index contributed by atoms with van der Waals surface area (Å²) in [4.78, 5) is 16.3. The number of amides is 1. The summed E-state index contributed by atoms with van der Waals surface area (Å²) in [6, 6.07) is 4.83. The van der Waals surface area contributed by atoms with Crippen molar-refractivity contribution in [2.24, 2.45) is 0 Å². The van der Waals surface area contributed by atoms with E-state index in [1.54, 1.807) is 12.1 Å². The van der Waals surface area contributed by atoms with Gasteiger partial charge in [0.1, 0.15) is 5.82 Å². The van der Waals surface area contributed by atoms with Gasteiger partial charge in [0.05, 0.1) is 0 Å². The number of carbonyl (C=O) groups is 1. The largest absolute Gasteiger partial charge is 0.356 e. The number of halogens is 2. The number of hydrogen-bond acceptors (Lipinski definition) is 3. The Morgan fingerprint density at radius 3 is 2.96 bits per heavy atom. The first kappa shape index (κ1) is 16.7. The number of likely N-dealkylation sites (N-methyl/N-ethyl adjacent to an activating group) is 1. The van der Waals surface area contributed by atoms with Crippen molar-refractivity contribution in [3.8, 4) is 0 Å². The van der Waals surface area contributed by atoms with Gasteiger partial charge in [-0.3, -0.25) is 14.6 Å². The van der Waals surface area contributed by atoms with Gasteiger partial charge < -0.3 is 5.32 Å². The van der Waals surface area contributed by atoms with E-state index < -0.39 is 0 Å². The van der Waals surface area contributed by atoms with Gasteiger partial charge in [0.2, 0.25) is 5.91 Å². The van der Waals surface area contributed by atoms with Crippen LogP contribution in [0.25, 0.3) is 0 Å². The first-order valence-electron chi connectivity index (χ1n) is 8.13. The molecule has 1 spiro atoms. The lowest BCUT2D eigenvalue weighted by Crippen LogP contribution is -2.60. The molecule has 0 saturated carbocycles. The lowest BCUT2D eigenvalue weighted by atomic mass is 9.86. The van der Waals surface area contributed by atoms with Crippen molar-refractivity contribution in [1.82, 2.24) is 15.1 Å². The summed E-state index contributed by atoms with van der Waals surface area (Å²) in [5.74, 6) is -0.118. The van der Waals surface area contributed by atoms with Crippen LogP contribution < -0.4 is 5.32 Å². The molecule has 1 atom stereocenters. The molecule has 2 heterocycles. The van der Waals surface area contributed by atoms with Gasteiger partial charge in [0, 0.05) is 55.3 Å². The molecule has 1 amide bonds. The topological polar surface area (TPSA) is 35.6 Å². The fraction of sp³-hybridized carbons (Fsp3) is 0.588. The van der Waals surface area contributed by atoms with E-state index in [9.17, 15) is 9.18 Å². The fourth-order valence-electron chi connectivity index (χ4n) is 3.72. The van der Waals surface area contributed by atoms with E-state index in [0.29, 0.717) is 30.1 Å². The van der Waals surface area contributed by atoms with Crippen LogP contribution in [0.2, 0.25) is 5.02 Å². The molecule has 2 aliphatic rings. The maximum absolute atomic E-state index is 14.1. The number of rotatable bonds is 2. The highest BCUT2D eigenvalue weighted by Crippen LogP contribution is 2.32. The number of piperazine rings is 1. The Morgan fingerprint density at radius 1 is 1.35 bits per heavy atom. The number of hydrogen-bond donors (Lipinski definition) is 1. The minimum absolute atomic E-state index is 0.0187. The first-order valence-corrected chi connectivity index (χ1v) is 8.51. The molecule has 1 aromatic rings. The molecule has 6 heteroatoms. The predicted molar refractivity (Wildman–Crippen MR) is 88.9 cm³/mol. The molecule has 1 aromatic carbocycles. The highest BCUT2D eigenvalue weighted by molar-refractivity contribution is 6.31. The lowest BCUT2D eigenvalue weighted by molar-refractivity contribution is -0.121. The second-order valence-corrected chi connectivity index (χ2v) is 7.06. The van der Waals surface area contributed by atoms with Gasteiger partial charge in [-0.25, -0.2) is 4.39 Å². The monoisotopic (exact) mass is 339 g/mol. The van der Waals surface area contributed by atoms with Crippen molar-refractivity contribution < 1.29 is 9.18 Å². The van der Waals surface area contributed by atoms with Crippen LogP contribution in [0, 0.1) is 5.82 Å². The van der Waals surface area contributed by atoms with Gasteiger partial charge in [-0.05, 0) is 32.0 Å². The molecule has 2 fully saturated rings. The summed E-state index contributed by atoms with van der Waals surface area (Å²) >= 11 is 6.17. The number of carbonyl (C=O) groups excluding carboxylic acids is 1. The lowest BCUT2D eigenvalue weighted by Gasteiger charge is -2.49. The molecule has 0 radical (unpaired) electrons. The smallest absolute Gasteiger partial charge is 0.220 e. The van der Waals surface area contributed by atoms with Gasteiger partial charge in [-0.15, -0.1) is 0 Å². The molecule has 0 bridgehead atoms. The van der Waals surface area contributed by atoms with Crippen LogP contribution in [-0.4, -0.2) is 54.5 Å². The van der Waals surface area contributed by atoms with Crippen molar-refractivity contribution >= 4 is 17.5 Å². The number of benzene rings is 1. The van der Waals surface area contributed by atoms with Crippen LogP contribution in [-0.2, 0) is 11.3 Å². The number of nitrogens with zero attached hydrogens (tertiary/aromatic N) is 2. The number of nitrogens with one attached hydrogen (secondary N) is 1. The SMILES string of the molecule is CN1CCN(Cc2c(F)cccc2Cl)C[C@]12CCNC(=O)CC2. The Hall–Kier alpha value is -1.17. The third kappa shape index (κ3) is 3.52. The average Bonchev–Trinajstić information content (AvgIpc) is 2.70. The normalized spacial score (nSPS) is 27.0. The van der Waals surface area contributed by atoms with Gasteiger partial charge in [-0.2, -0.15) is 0 Å². The van der Waals surface area contributed by atoms with E-state index in [4.69, 9.17) is 11.6 Å². The van der Waals surface area contributed by atoms with Crippen LogP contribution in [0.5, 0.6) is 0 Å². The molecule has 23 heavy (non-hydrogen) atoms. The van der Waals surface area contributed by atoms with Crippen LogP contribution >= 0.6 is 11.6 Å². The van der Waals surface area contributed by atoms with Crippen molar-refractivity contribution in [1.29, 1.82) is 0 Å². The standard InChI is InChI=1S/C17H23ClFN3O/c1-21-9-10-22(11-13-14(18)3-2-4-15(13)19)12-17(21)6-5-16(23)20-8-7-17/h2-4H,5-12H2,1H3,(H,20,23)/t17-/m0/s1. The zero-order valence-electron chi connectivity index (χ0n) is 13.4. The maximum Gasteiger partial charge on any atom is 0.220 e. The molecule has 0 aliphatic carbocycles. The summed E-state index contributed by atoms with van der Waals surface area (Å²) in [6.07, 6.45) is 2.33. The van der Waals surface area contributed by atoms with Gasteiger partial charge >= 0.3 is 0 Å². The van der Waals surface area contributed by atoms with Gasteiger partial charge in [0.15, 0.2) is 0 Å². The van der Waals surface area contributed by atoms with Crippen molar-refractivity contribution in [3.05, 3.63) is 34.6 Å². The molecule has 3 rings (SSSR count). The molecular weight excluding hydrogens is 317 g/mol. The van der Waals surface area contributed by atoms with Crippen LogP contribution in [0.1, 0.15) is 24.8 Å². The molecule has 1 N–H and O–H groups in total. The highest BCUT2D eigenvalue weighted by atomic mass is 35.5. The van der Waals surface area contributed by atoms with Gasteiger partial charge in [-0.1, -0.05) is 17.7 Å². The summed E-state index contributed by atoms with van der Waals surface area (Å²) < 4.78 is 14.1. The molecule has 126 valence electrons. The van der Waals surface area contributed by atoms with Crippen molar-refractivity contribution in [2.75, 3.05) is 33.2 Å². The predicted octanol–water partition coefficient (Wildman–Crippen LogP) is 2.27. The van der Waals surface area contributed by atoms with Gasteiger partial charge in [0.25, 0.3) is 0 Å². The molecule has 4 nitrogen and oxygen atoms in total. The molecule has 2 saturated heterocycles. The third-order valence-electron chi connectivity index (χ3n) is 5.25. The van der Waals surface area contributed by atoms with E-state index in [-0.39, 0.29) is 17.3 Å². The van der Waals surface area contributed by atoms with E-state index in [1.807, 2.05) is 0 Å². The van der Waals surface area contributed by atoms with E-state index in [0.717, 1.165) is 32.5 Å². The summed E-state index contributed by atoms with van der Waals surface area (Å²) in [5, 5.41) is 3.44. The Balaban J connectivity index is 1.76. The maximum atomic E-state index is 14.1. The quantitative estimate of drug-likeness (QED) is 0.897. The molecule has 0 aromatic heterocycles. The second kappa shape index (κ2) is 6.75. The van der Waals surface area contributed by atoms with Crippen molar-refractivity contribution in [3.63, 3.8) is 0 Å². The second-order valence-electron chi connectivity index (χ2n) is 6.66. The zero-order chi connectivity index (χ0) is 16.4. The summed E-state index contributed by atoms with van der Waals surface area (Å²) in [6.45, 7) is 3.85. The summed E-state index contributed by atoms with van der Waals surface area (Å²) in [7, 11) is 2.13. The Labute approximate surface area is 141 Å². The van der Waals surface area contributed by atoms with Crippen LogP contribution in [0.15, 0.2) is 18.2 Å². The fourth-order valence-corrected chi connectivity index (χ4v) is 3.94. The zero-order valence-corrected chi connectivity index (χ0v) is 14.2.